The molecule has 0 spiro atoms. The minimum absolute atomic E-state index is 0. The Labute approximate surface area is 289 Å². The van der Waals surface area contributed by atoms with Gasteiger partial charge in [-0.15, -0.1) is 0 Å². The van der Waals surface area contributed by atoms with Gasteiger partial charge in [0, 0.05) is 5.56 Å². The van der Waals surface area contributed by atoms with E-state index in [2.05, 4.69) is 61.5 Å². The first-order chi connectivity index (χ1) is 19.9. The SMILES string of the molecule is CC1=CCCC(C)(C)[C@@H]1CC[C@@]1(C)[C@@H]2CC[C@]3(C)[C@H](CC[C@]4(C)c5c(C)ccc(OS(=O)(=O)[O-])c5C[C@@H]34)[C@@]2(C)CC[C@@H]1O.[Na+]. The first-order valence-electron chi connectivity index (χ1n) is 17.0. The molecule has 44 heavy (non-hydrogen) atoms. The maximum absolute atomic E-state index is 11.7. The predicted octanol–water partition coefficient (Wildman–Crippen LogP) is 5.42. The van der Waals surface area contributed by atoms with Crippen molar-refractivity contribution in [1.29, 1.82) is 0 Å². The van der Waals surface area contributed by atoms with Gasteiger partial charge in [0.1, 0.15) is 5.75 Å². The summed E-state index contributed by atoms with van der Waals surface area (Å²) in [6.07, 6.45) is 14.0. The van der Waals surface area contributed by atoms with Gasteiger partial charge in [0.25, 0.3) is 10.4 Å². The monoisotopic (exact) mass is 634 g/mol. The largest absolute Gasteiger partial charge is 1.00 e. The second kappa shape index (κ2) is 11.4. The summed E-state index contributed by atoms with van der Waals surface area (Å²) in [5.41, 5.74) is 5.23. The second-order valence-corrected chi connectivity index (χ2v) is 18.2. The summed E-state index contributed by atoms with van der Waals surface area (Å²) in [6.45, 7) is 19.2. The topological polar surface area (TPSA) is 86.7 Å². The number of aliphatic hydroxyl groups is 1. The Bertz CT molecular complexity index is 1440. The van der Waals surface area contributed by atoms with Crippen LogP contribution in [0.5, 0.6) is 5.75 Å². The number of hydrogen-bond donors (Lipinski definition) is 1. The Kier molecular flexibility index (Phi) is 9.03. The smallest absolute Gasteiger partial charge is 0.716 e. The molecule has 3 saturated carbocycles. The molecule has 0 saturated heterocycles. The van der Waals surface area contributed by atoms with Crippen LogP contribution in [0, 0.1) is 52.3 Å². The zero-order chi connectivity index (χ0) is 31.4. The van der Waals surface area contributed by atoms with Crippen molar-refractivity contribution in [1.82, 2.24) is 0 Å². The maximum atomic E-state index is 11.7. The summed E-state index contributed by atoms with van der Waals surface area (Å²) >= 11 is 0. The van der Waals surface area contributed by atoms with Gasteiger partial charge < -0.3 is 13.8 Å². The van der Waals surface area contributed by atoms with Gasteiger partial charge in [-0.3, -0.25) is 0 Å². The van der Waals surface area contributed by atoms with Crippen molar-refractivity contribution in [2.45, 2.75) is 138 Å². The normalized spacial score (nSPS) is 42.6. The molecule has 240 valence electrons. The fourth-order valence-electron chi connectivity index (χ4n) is 12.7. The molecule has 6 rings (SSSR count). The first-order valence-corrected chi connectivity index (χ1v) is 18.3. The molecule has 5 aliphatic carbocycles. The van der Waals surface area contributed by atoms with E-state index in [0.717, 1.165) is 63.4 Å². The fourth-order valence-corrected chi connectivity index (χ4v) is 13.1. The van der Waals surface area contributed by atoms with Gasteiger partial charge in [-0.1, -0.05) is 59.3 Å². The minimum atomic E-state index is -4.85. The number of aryl methyl sites for hydroxylation is 1. The van der Waals surface area contributed by atoms with E-state index in [1.807, 2.05) is 6.07 Å². The molecule has 7 heteroatoms. The van der Waals surface area contributed by atoms with E-state index < -0.39 is 10.4 Å². The molecule has 9 atom stereocenters. The summed E-state index contributed by atoms with van der Waals surface area (Å²) in [6, 6.07) is 3.61. The third kappa shape index (κ3) is 5.23. The van der Waals surface area contributed by atoms with Gasteiger partial charge in [-0.2, -0.15) is 0 Å². The molecule has 0 bridgehead atoms. The Morgan fingerprint density at radius 2 is 1.55 bits per heavy atom. The molecule has 0 radical (unpaired) electrons. The zero-order valence-corrected chi connectivity index (χ0v) is 31.7. The van der Waals surface area contributed by atoms with E-state index in [1.54, 1.807) is 11.6 Å². The van der Waals surface area contributed by atoms with Gasteiger partial charge in [0.05, 0.1) is 6.10 Å². The Morgan fingerprint density at radius 1 is 0.909 bits per heavy atom. The van der Waals surface area contributed by atoms with Gasteiger partial charge in [0.2, 0.25) is 0 Å². The molecule has 3 fully saturated rings. The van der Waals surface area contributed by atoms with E-state index in [0.29, 0.717) is 29.1 Å². The number of fused-ring (bicyclic) bond motifs is 7. The van der Waals surface area contributed by atoms with Crippen LogP contribution in [-0.4, -0.2) is 24.2 Å². The first kappa shape index (κ1) is 35.0. The number of allylic oxidation sites excluding steroid dienone is 2. The van der Waals surface area contributed by atoms with Gasteiger partial charge >= 0.3 is 29.6 Å². The molecule has 1 N–H and O–H groups in total. The standard InChI is InChI=1S/C37H56O5S.Na/c1-23-10-9-17-33(3,4)26(23)13-18-36(7)29-14-19-35(6)28(34(29,5)21-16-31(36)38)15-20-37(8)30(35)22-25-27(42-43(39,40)41)12-11-24(2)32(25)37;/h10-12,26,28-31,38H,9,13-22H2,1-8H3,(H,39,40,41);/q;+1/p-1/t26-,28-,29-,30+,31+,34-,35-,36+,37+;/m1./s1. The third-order valence-electron chi connectivity index (χ3n) is 14.8. The van der Waals surface area contributed by atoms with E-state index in [1.165, 1.54) is 24.0 Å². The molecular formula is C37H55NaO5S. The molecule has 1 aromatic rings. The average Bonchev–Trinajstić information content (AvgIpc) is 3.22. The maximum Gasteiger partial charge on any atom is 1.00 e. The van der Waals surface area contributed by atoms with Crippen molar-refractivity contribution in [3.8, 4) is 5.75 Å². The van der Waals surface area contributed by atoms with Crippen molar-refractivity contribution in [3.63, 3.8) is 0 Å². The average molecular weight is 635 g/mol. The zero-order valence-electron chi connectivity index (χ0n) is 28.9. The van der Waals surface area contributed by atoms with Crippen molar-refractivity contribution in [2.24, 2.45) is 45.3 Å². The predicted molar refractivity (Wildman–Crippen MR) is 171 cm³/mol. The quantitative estimate of drug-likeness (QED) is 0.202. The molecule has 0 heterocycles. The molecule has 5 nitrogen and oxygen atoms in total. The molecule has 0 unspecified atom stereocenters. The van der Waals surface area contributed by atoms with Gasteiger partial charge in [-0.25, -0.2) is 8.42 Å². The minimum Gasteiger partial charge on any atom is -0.716 e. The van der Waals surface area contributed by atoms with Crippen LogP contribution in [0.2, 0.25) is 0 Å². The van der Waals surface area contributed by atoms with E-state index in [4.69, 9.17) is 4.18 Å². The van der Waals surface area contributed by atoms with Crippen LogP contribution in [-0.2, 0) is 22.2 Å². The molecular weight excluding hydrogens is 579 g/mol. The van der Waals surface area contributed by atoms with E-state index in [-0.39, 0.29) is 63.1 Å². The summed E-state index contributed by atoms with van der Waals surface area (Å²) in [4.78, 5) is 0. The van der Waals surface area contributed by atoms with Crippen molar-refractivity contribution in [2.75, 3.05) is 0 Å². The van der Waals surface area contributed by atoms with Crippen LogP contribution in [0.1, 0.15) is 129 Å². The van der Waals surface area contributed by atoms with Crippen LogP contribution in [0.15, 0.2) is 23.8 Å². The molecule has 1 aromatic carbocycles. The molecule has 0 aromatic heterocycles. The van der Waals surface area contributed by atoms with Gasteiger partial charge in [0.15, 0.2) is 0 Å². The molecule has 0 aliphatic heterocycles. The Morgan fingerprint density at radius 3 is 2.20 bits per heavy atom. The van der Waals surface area contributed by atoms with Crippen LogP contribution in [0.3, 0.4) is 0 Å². The summed E-state index contributed by atoms with van der Waals surface area (Å²) < 4.78 is 40.0. The number of aliphatic hydroxyl groups excluding tert-OH is 1. The van der Waals surface area contributed by atoms with Crippen molar-refractivity contribution < 1.29 is 51.8 Å². The number of benzene rings is 1. The summed E-state index contributed by atoms with van der Waals surface area (Å²) in [5, 5.41) is 11.7. The molecule has 0 amide bonds. The second-order valence-electron chi connectivity index (χ2n) is 17.2. The Balaban J connectivity index is 0.00000384. The summed E-state index contributed by atoms with van der Waals surface area (Å²) in [5.74, 6) is 2.20. The van der Waals surface area contributed by atoms with Gasteiger partial charge in [-0.05, 0) is 152 Å². The number of hydrogen-bond acceptors (Lipinski definition) is 5. The summed E-state index contributed by atoms with van der Waals surface area (Å²) in [7, 11) is -4.85. The molecule has 5 aliphatic rings. The van der Waals surface area contributed by atoms with Crippen LogP contribution >= 0.6 is 0 Å². The number of rotatable bonds is 5. The Hall–Kier alpha value is -0.370. The van der Waals surface area contributed by atoms with Crippen LogP contribution < -0.4 is 33.7 Å². The fraction of sp³-hybridized carbons (Fsp3) is 0.784. The van der Waals surface area contributed by atoms with E-state index in [9.17, 15) is 18.1 Å². The van der Waals surface area contributed by atoms with Crippen molar-refractivity contribution >= 4 is 10.4 Å². The van der Waals surface area contributed by atoms with Crippen LogP contribution in [0.25, 0.3) is 0 Å². The van der Waals surface area contributed by atoms with Crippen molar-refractivity contribution in [3.05, 3.63) is 40.5 Å². The van der Waals surface area contributed by atoms with Crippen LogP contribution in [0.4, 0.5) is 0 Å². The van der Waals surface area contributed by atoms with E-state index >= 15 is 0 Å². The third-order valence-corrected chi connectivity index (χ3v) is 15.1.